The van der Waals surface area contributed by atoms with Crippen LogP contribution >= 0.6 is 0 Å². The number of nitrogens with zero attached hydrogens (tertiary/aromatic N) is 2. The molecule has 0 spiro atoms. The van der Waals surface area contributed by atoms with E-state index in [1.165, 1.54) is 0 Å². The molecule has 1 aromatic heterocycles. The van der Waals surface area contributed by atoms with Crippen LogP contribution in [0.5, 0.6) is 0 Å². The number of aliphatic hydroxyl groups is 1. The molecule has 4 nitrogen and oxygen atoms in total. The van der Waals surface area contributed by atoms with Gasteiger partial charge in [0.25, 0.3) is 0 Å². The summed E-state index contributed by atoms with van der Waals surface area (Å²) in [5.41, 5.74) is 7.11. The van der Waals surface area contributed by atoms with Crippen molar-refractivity contribution in [3.05, 3.63) is 11.9 Å². The molecule has 0 aliphatic rings. The van der Waals surface area contributed by atoms with Crippen LogP contribution in [0, 0.1) is 12.3 Å². The molecule has 1 aromatic rings. The second-order valence-electron chi connectivity index (χ2n) is 4.75. The van der Waals surface area contributed by atoms with Gasteiger partial charge in [0.15, 0.2) is 0 Å². The van der Waals surface area contributed by atoms with Crippen molar-refractivity contribution < 1.29 is 5.11 Å². The Morgan fingerprint density at radius 2 is 2.14 bits per heavy atom. The highest BCUT2D eigenvalue weighted by Gasteiger charge is 2.23. The zero-order chi connectivity index (χ0) is 10.9. The van der Waals surface area contributed by atoms with Crippen LogP contribution in [0.25, 0.3) is 0 Å². The van der Waals surface area contributed by atoms with Crippen LogP contribution in [-0.2, 0) is 6.54 Å². The Labute approximate surface area is 84.7 Å². The first kappa shape index (κ1) is 11.0. The topological polar surface area (TPSA) is 64.1 Å². The van der Waals surface area contributed by atoms with Crippen LogP contribution in [0.4, 0.5) is 5.69 Å². The lowest BCUT2D eigenvalue weighted by Crippen LogP contribution is -2.31. The Morgan fingerprint density at radius 1 is 1.57 bits per heavy atom. The van der Waals surface area contributed by atoms with E-state index in [2.05, 4.69) is 5.10 Å². The van der Waals surface area contributed by atoms with Crippen LogP contribution < -0.4 is 5.73 Å². The van der Waals surface area contributed by atoms with E-state index in [1.54, 1.807) is 10.9 Å². The minimum atomic E-state index is -0.416. The van der Waals surface area contributed by atoms with Gasteiger partial charge in [0.1, 0.15) is 0 Å². The quantitative estimate of drug-likeness (QED) is 0.748. The maximum absolute atomic E-state index is 9.87. The van der Waals surface area contributed by atoms with Gasteiger partial charge in [-0.25, -0.2) is 0 Å². The van der Waals surface area contributed by atoms with Crippen LogP contribution in [0.3, 0.4) is 0 Å². The summed E-state index contributed by atoms with van der Waals surface area (Å²) < 4.78 is 1.74. The Balaban J connectivity index is 2.75. The van der Waals surface area contributed by atoms with E-state index in [9.17, 15) is 5.11 Å². The van der Waals surface area contributed by atoms with Crippen molar-refractivity contribution in [1.82, 2.24) is 9.78 Å². The van der Waals surface area contributed by atoms with Gasteiger partial charge >= 0.3 is 0 Å². The number of nitrogens with two attached hydrogens (primary N) is 1. The molecule has 1 heterocycles. The average Bonchev–Trinajstić information content (AvgIpc) is 2.34. The van der Waals surface area contributed by atoms with Gasteiger partial charge in [-0.15, -0.1) is 0 Å². The lowest BCUT2D eigenvalue weighted by molar-refractivity contribution is 0.0446. The Bertz CT molecular complexity index is 312. The summed E-state index contributed by atoms with van der Waals surface area (Å²) >= 11 is 0. The monoisotopic (exact) mass is 197 g/mol. The minimum absolute atomic E-state index is 0.132. The molecule has 0 aliphatic carbocycles. The van der Waals surface area contributed by atoms with Crippen LogP contribution in [0.2, 0.25) is 0 Å². The van der Waals surface area contributed by atoms with E-state index in [0.29, 0.717) is 12.2 Å². The van der Waals surface area contributed by atoms with Crippen LogP contribution in [0.1, 0.15) is 26.5 Å². The molecule has 0 amide bonds. The van der Waals surface area contributed by atoms with Gasteiger partial charge in [-0.2, -0.15) is 5.10 Å². The standard InChI is InChI=1S/C10H19N3O/c1-7-8(11)5-12-13(7)6-9(14)10(2,3)4/h5,9,14H,6,11H2,1-4H3. The molecule has 14 heavy (non-hydrogen) atoms. The molecular formula is C10H19N3O. The largest absolute Gasteiger partial charge is 0.396 e. The molecule has 0 aliphatic heterocycles. The first-order valence-corrected chi connectivity index (χ1v) is 4.78. The predicted molar refractivity (Wildman–Crippen MR) is 56.8 cm³/mol. The third kappa shape index (κ3) is 2.26. The Kier molecular flexibility index (Phi) is 2.85. The first-order chi connectivity index (χ1) is 6.32. The minimum Gasteiger partial charge on any atom is -0.396 e. The van der Waals surface area contributed by atoms with Crippen molar-refractivity contribution >= 4 is 5.69 Å². The summed E-state index contributed by atoms with van der Waals surface area (Å²) in [4.78, 5) is 0. The summed E-state index contributed by atoms with van der Waals surface area (Å²) in [5, 5.41) is 14.0. The van der Waals surface area contributed by atoms with E-state index in [4.69, 9.17) is 5.73 Å². The molecule has 4 heteroatoms. The fourth-order valence-corrected chi connectivity index (χ4v) is 1.08. The summed E-state index contributed by atoms with van der Waals surface area (Å²) in [6.07, 6.45) is 1.20. The van der Waals surface area contributed by atoms with Crippen molar-refractivity contribution in [1.29, 1.82) is 0 Å². The first-order valence-electron chi connectivity index (χ1n) is 4.78. The van der Waals surface area contributed by atoms with Crippen LogP contribution in [0.15, 0.2) is 6.20 Å². The van der Waals surface area contributed by atoms with Crippen molar-refractivity contribution in [2.75, 3.05) is 5.73 Å². The lowest BCUT2D eigenvalue weighted by Gasteiger charge is -2.26. The maximum atomic E-state index is 9.87. The zero-order valence-corrected chi connectivity index (χ0v) is 9.28. The van der Waals surface area contributed by atoms with Crippen molar-refractivity contribution in [2.45, 2.75) is 40.3 Å². The van der Waals surface area contributed by atoms with Crippen molar-refractivity contribution in [3.63, 3.8) is 0 Å². The van der Waals surface area contributed by atoms with Gasteiger partial charge in [0.2, 0.25) is 0 Å². The maximum Gasteiger partial charge on any atom is 0.0784 e. The van der Waals surface area contributed by atoms with Crippen LogP contribution in [-0.4, -0.2) is 21.0 Å². The van der Waals surface area contributed by atoms with E-state index in [-0.39, 0.29) is 5.41 Å². The Hall–Kier alpha value is -1.03. The van der Waals surface area contributed by atoms with E-state index in [0.717, 1.165) is 5.69 Å². The third-order valence-corrected chi connectivity index (χ3v) is 2.49. The molecule has 0 fully saturated rings. The van der Waals surface area contributed by atoms with Gasteiger partial charge in [-0.05, 0) is 12.3 Å². The molecule has 0 bridgehead atoms. The molecule has 0 saturated heterocycles. The summed E-state index contributed by atoms with van der Waals surface area (Å²) in [6.45, 7) is 8.39. The fraction of sp³-hybridized carbons (Fsp3) is 0.700. The predicted octanol–water partition coefficient (Wildman–Crippen LogP) is 1.18. The number of hydrogen-bond acceptors (Lipinski definition) is 3. The summed E-state index contributed by atoms with van der Waals surface area (Å²) in [7, 11) is 0. The fourth-order valence-electron chi connectivity index (χ4n) is 1.08. The number of hydrogen-bond donors (Lipinski definition) is 2. The van der Waals surface area contributed by atoms with Gasteiger partial charge in [-0.3, -0.25) is 4.68 Å². The smallest absolute Gasteiger partial charge is 0.0784 e. The summed E-state index contributed by atoms with van der Waals surface area (Å²) in [5.74, 6) is 0. The highest BCUT2D eigenvalue weighted by atomic mass is 16.3. The van der Waals surface area contributed by atoms with E-state index in [1.807, 2.05) is 27.7 Å². The van der Waals surface area contributed by atoms with Gasteiger partial charge in [-0.1, -0.05) is 20.8 Å². The zero-order valence-electron chi connectivity index (χ0n) is 9.28. The Morgan fingerprint density at radius 3 is 2.50 bits per heavy atom. The SMILES string of the molecule is Cc1c(N)cnn1CC(O)C(C)(C)C. The van der Waals surface area contributed by atoms with Gasteiger partial charge < -0.3 is 10.8 Å². The second kappa shape index (κ2) is 3.61. The number of anilines is 1. The van der Waals surface area contributed by atoms with Crippen molar-refractivity contribution in [3.8, 4) is 0 Å². The third-order valence-electron chi connectivity index (χ3n) is 2.49. The van der Waals surface area contributed by atoms with Gasteiger partial charge in [0, 0.05) is 0 Å². The normalized spacial score (nSPS) is 14.4. The van der Waals surface area contributed by atoms with E-state index < -0.39 is 6.10 Å². The molecule has 0 saturated carbocycles. The summed E-state index contributed by atoms with van der Waals surface area (Å²) in [6, 6.07) is 0. The highest BCUT2D eigenvalue weighted by Crippen LogP contribution is 2.21. The lowest BCUT2D eigenvalue weighted by atomic mass is 9.89. The molecule has 0 radical (unpaired) electrons. The molecular weight excluding hydrogens is 178 g/mol. The molecule has 1 rings (SSSR count). The number of aromatic nitrogens is 2. The van der Waals surface area contributed by atoms with Gasteiger partial charge in [0.05, 0.1) is 30.2 Å². The molecule has 0 aromatic carbocycles. The highest BCUT2D eigenvalue weighted by molar-refractivity contribution is 5.39. The molecule has 3 N–H and O–H groups in total. The molecule has 80 valence electrons. The number of nitrogen functional groups attached to an aromatic ring is 1. The molecule has 1 unspecified atom stereocenters. The second-order valence-corrected chi connectivity index (χ2v) is 4.75. The van der Waals surface area contributed by atoms with E-state index >= 15 is 0 Å². The van der Waals surface area contributed by atoms with Crippen molar-refractivity contribution in [2.24, 2.45) is 5.41 Å². The molecule has 1 atom stereocenters. The number of rotatable bonds is 2. The number of aliphatic hydroxyl groups excluding tert-OH is 1. The average molecular weight is 197 g/mol.